The fourth-order valence-corrected chi connectivity index (χ4v) is 9.92. The number of rotatable bonds is 7. The minimum absolute atomic E-state index is 0.0469. The van der Waals surface area contributed by atoms with Crippen LogP contribution in [0.15, 0.2) is 41.5 Å². The summed E-state index contributed by atoms with van der Waals surface area (Å²) >= 11 is 0. The van der Waals surface area contributed by atoms with E-state index in [2.05, 4.69) is 0 Å². The Morgan fingerprint density at radius 3 is 2.11 bits per heavy atom. The van der Waals surface area contributed by atoms with Crippen molar-refractivity contribution in [1.29, 1.82) is 0 Å². The predicted octanol–water partition coefficient (Wildman–Crippen LogP) is 5.16. The van der Waals surface area contributed by atoms with Crippen molar-refractivity contribution in [3.8, 4) is 0 Å². The molecule has 0 radical (unpaired) electrons. The van der Waals surface area contributed by atoms with E-state index in [9.17, 15) is 24.6 Å². The number of esters is 3. The van der Waals surface area contributed by atoms with Crippen LogP contribution < -0.4 is 0 Å². The molecule has 2 saturated carbocycles. The molecule has 2 bridgehead atoms. The average Bonchev–Trinajstić information content (AvgIpc) is 2.95. The van der Waals surface area contributed by atoms with Crippen molar-refractivity contribution in [2.45, 2.75) is 130 Å². The number of ketones is 1. The summed E-state index contributed by atoms with van der Waals surface area (Å²) in [6, 6.07) is 8.33. The molecule has 4 rings (SSSR count). The Hall–Kier alpha value is -2.86. The molecule has 2 N–H and O–H groups in total. The Morgan fingerprint density at radius 1 is 1.00 bits per heavy atom. The van der Waals surface area contributed by atoms with Gasteiger partial charge >= 0.3 is 17.9 Å². The van der Waals surface area contributed by atoms with Crippen molar-refractivity contribution in [1.82, 2.24) is 0 Å². The number of carbonyl (C=O) groups excluding carboxylic acids is 4. The van der Waals surface area contributed by atoms with Gasteiger partial charge in [0.1, 0.15) is 17.3 Å². The van der Waals surface area contributed by atoms with Gasteiger partial charge in [0, 0.05) is 36.7 Å². The molecule has 11 heteroatoms. The van der Waals surface area contributed by atoms with Crippen LogP contribution >= 0.6 is 0 Å². The zero-order chi connectivity index (χ0) is 35.5. The number of aliphatic hydroxyl groups is 2. The summed E-state index contributed by atoms with van der Waals surface area (Å²) in [4.78, 5) is 55.0. The molecule has 0 spiro atoms. The first-order valence-electron chi connectivity index (χ1n) is 16.5. The van der Waals surface area contributed by atoms with Crippen LogP contribution in [0.25, 0.3) is 0 Å². The highest BCUT2D eigenvalue weighted by Crippen LogP contribution is 2.64. The average molecular weight is 673 g/mol. The third-order valence-corrected chi connectivity index (χ3v) is 12.2. The lowest BCUT2D eigenvalue weighted by Crippen LogP contribution is -2.77. The van der Waals surface area contributed by atoms with Gasteiger partial charge in [-0.15, -0.1) is 0 Å². The molecule has 1 aromatic rings. The predicted molar refractivity (Wildman–Crippen MR) is 177 cm³/mol. The van der Waals surface area contributed by atoms with Gasteiger partial charge < -0.3 is 28.8 Å². The summed E-state index contributed by atoms with van der Waals surface area (Å²) in [5, 5.41) is 25.3. The maximum absolute atomic E-state index is 15.1. The number of hydrogen-bond acceptors (Lipinski definition) is 10. The largest absolute Gasteiger partial charge is 0.456 e. The monoisotopic (exact) mass is 672 g/mol. The molecule has 0 heterocycles. The molecule has 9 atom stereocenters. The Kier molecular flexibility index (Phi) is 9.87. The zero-order valence-corrected chi connectivity index (χ0v) is 30.6. The van der Waals surface area contributed by atoms with Crippen molar-refractivity contribution in [3.63, 3.8) is 0 Å². The van der Waals surface area contributed by atoms with E-state index in [-0.39, 0.29) is 30.4 Å². The number of ether oxygens (including phenoxy) is 3. The quantitative estimate of drug-likeness (QED) is 0.226. The van der Waals surface area contributed by atoms with E-state index >= 15 is 4.79 Å². The smallest absolute Gasteiger partial charge is 0.338 e. The first kappa shape index (κ1) is 37.0. The summed E-state index contributed by atoms with van der Waals surface area (Å²) in [5.41, 5.74) is -5.45. The van der Waals surface area contributed by atoms with Crippen LogP contribution in [0.5, 0.6) is 0 Å². The lowest BCUT2D eigenvalue weighted by atomic mass is 9.43. The standard InChI is InChI=1S/C36H52O10Si/c1-12-35(45-23(5)38)26(39)18-20(2)34(8)29(35)31(44-32(41)24-16-14-13-15-17-24)36(42)19-25(46-47(9,10)11)21(3)27(33(36,6)7)28(40)30(34)43-22(4)37/h13-17,20,25-26,29-31,39,42H,12,18-19H2,1-11H3/t20-,25-,26+,29?,30+,31?,34+,35-,36+/m0/s1. The van der Waals surface area contributed by atoms with Crippen LogP contribution in [0, 0.1) is 22.7 Å². The second kappa shape index (κ2) is 12.5. The highest BCUT2D eigenvalue weighted by molar-refractivity contribution is 6.69. The van der Waals surface area contributed by atoms with Crippen LogP contribution in [-0.2, 0) is 33.0 Å². The van der Waals surface area contributed by atoms with E-state index in [1.807, 2.05) is 26.6 Å². The molecule has 47 heavy (non-hydrogen) atoms. The summed E-state index contributed by atoms with van der Waals surface area (Å²) in [7, 11) is -2.30. The molecule has 0 aliphatic heterocycles. The Morgan fingerprint density at radius 2 is 1.60 bits per heavy atom. The highest BCUT2D eigenvalue weighted by Gasteiger charge is 2.75. The minimum Gasteiger partial charge on any atom is -0.456 e. The number of fused-ring (bicyclic) bond motifs is 3. The van der Waals surface area contributed by atoms with Gasteiger partial charge in [-0.05, 0) is 63.0 Å². The van der Waals surface area contributed by atoms with Gasteiger partial charge in [0.2, 0.25) is 5.78 Å². The van der Waals surface area contributed by atoms with Crippen molar-refractivity contribution in [2.75, 3.05) is 0 Å². The van der Waals surface area contributed by atoms with Gasteiger partial charge in [-0.25, -0.2) is 4.79 Å². The molecule has 0 amide bonds. The van der Waals surface area contributed by atoms with Crippen LogP contribution in [0.3, 0.4) is 0 Å². The summed E-state index contributed by atoms with van der Waals surface area (Å²) < 4.78 is 25.2. The molecule has 1 aromatic carbocycles. The lowest BCUT2D eigenvalue weighted by Gasteiger charge is -2.66. The van der Waals surface area contributed by atoms with Gasteiger partial charge in [0.05, 0.1) is 23.7 Å². The van der Waals surface area contributed by atoms with Gasteiger partial charge in [-0.3, -0.25) is 14.4 Å². The Balaban J connectivity index is 2.19. The molecular weight excluding hydrogens is 620 g/mol. The molecule has 3 aliphatic carbocycles. The van der Waals surface area contributed by atoms with Crippen molar-refractivity contribution < 1.29 is 48.0 Å². The molecule has 2 unspecified atom stereocenters. The maximum atomic E-state index is 15.1. The van der Waals surface area contributed by atoms with Crippen LogP contribution in [-0.4, -0.2) is 77.8 Å². The normalized spacial score (nSPS) is 36.8. The second-order valence-electron chi connectivity index (χ2n) is 15.5. The second-order valence-corrected chi connectivity index (χ2v) is 19.9. The van der Waals surface area contributed by atoms with E-state index in [1.165, 1.54) is 13.8 Å². The number of Topliss-reactive ketones (excluding diaryl/α,β-unsaturated/α-hetero) is 1. The molecule has 3 aliphatic rings. The van der Waals surface area contributed by atoms with Crippen LogP contribution in [0.4, 0.5) is 0 Å². The summed E-state index contributed by atoms with van der Waals surface area (Å²) in [6.07, 6.45) is -4.84. The van der Waals surface area contributed by atoms with Gasteiger partial charge in [-0.2, -0.15) is 0 Å². The number of benzene rings is 1. The van der Waals surface area contributed by atoms with Crippen molar-refractivity contribution >= 4 is 32.0 Å². The first-order chi connectivity index (χ1) is 21.6. The van der Waals surface area contributed by atoms with Gasteiger partial charge in [0.25, 0.3) is 0 Å². The summed E-state index contributed by atoms with van der Waals surface area (Å²) in [5.74, 6) is -4.40. The molecule has 2 fully saturated rings. The molecule has 0 aromatic heterocycles. The molecule has 260 valence electrons. The van der Waals surface area contributed by atoms with Gasteiger partial charge in [-0.1, -0.05) is 52.8 Å². The molecule has 0 saturated heterocycles. The molecular formula is C36H52O10Si. The third kappa shape index (κ3) is 6.02. The van der Waals surface area contributed by atoms with E-state index in [1.54, 1.807) is 65.0 Å². The van der Waals surface area contributed by atoms with Crippen LogP contribution in [0.2, 0.25) is 19.6 Å². The fourth-order valence-electron chi connectivity index (χ4n) is 8.81. The van der Waals surface area contributed by atoms with E-state index in [0.29, 0.717) is 5.57 Å². The number of carbonyl (C=O) groups is 4. The lowest BCUT2D eigenvalue weighted by molar-refractivity contribution is -0.290. The first-order valence-corrected chi connectivity index (χ1v) is 20.0. The van der Waals surface area contributed by atoms with Crippen LogP contribution in [0.1, 0.15) is 85.0 Å². The minimum atomic E-state index is -2.30. The Bertz CT molecular complexity index is 1450. The number of aliphatic hydroxyl groups excluding tert-OH is 1. The van der Waals surface area contributed by atoms with E-state index < -0.39 is 90.3 Å². The summed E-state index contributed by atoms with van der Waals surface area (Å²) in [6.45, 7) is 19.0. The number of hydrogen-bond donors (Lipinski definition) is 2. The van der Waals surface area contributed by atoms with E-state index in [4.69, 9.17) is 18.6 Å². The zero-order valence-electron chi connectivity index (χ0n) is 29.6. The fraction of sp³-hybridized carbons (Fsp3) is 0.667. The highest BCUT2D eigenvalue weighted by atomic mass is 28.4. The Labute approximate surface area is 279 Å². The topological polar surface area (TPSA) is 146 Å². The van der Waals surface area contributed by atoms with Crippen molar-refractivity contribution in [3.05, 3.63) is 47.0 Å². The van der Waals surface area contributed by atoms with Crippen molar-refractivity contribution in [2.24, 2.45) is 22.7 Å². The SMILES string of the molecule is CC[C@@]1(OC(C)=O)C2C(OC(=O)c3ccccc3)[C@]3(O)C[C@H](O[Si](C)(C)C)C(C)=C(C(=O)[C@@H](OC(C)=O)[C@]2(C)[C@@H](C)C[C@H]1O)C3(C)C. The van der Waals surface area contributed by atoms with E-state index in [0.717, 1.165) is 0 Å². The maximum Gasteiger partial charge on any atom is 0.338 e. The molecule has 10 nitrogen and oxygen atoms in total. The van der Waals surface area contributed by atoms with Gasteiger partial charge in [0.15, 0.2) is 14.4 Å². The third-order valence-electron chi connectivity index (χ3n) is 11.2.